The fourth-order valence-corrected chi connectivity index (χ4v) is 3.64. The van der Waals surface area contributed by atoms with Crippen LogP contribution in [0.3, 0.4) is 0 Å². The summed E-state index contributed by atoms with van der Waals surface area (Å²) < 4.78 is 0. The third kappa shape index (κ3) is 3.36. The predicted molar refractivity (Wildman–Crippen MR) is 53.1 cm³/mol. The van der Waals surface area contributed by atoms with Gasteiger partial charge >= 0.3 is 0 Å². The van der Waals surface area contributed by atoms with Gasteiger partial charge in [0.2, 0.25) is 12.2 Å². The van der Waals surface area contributed by atoms with Gasteiger partial charge in [-0.15, -0.1) is 0 Å². The van der Waals surface area contributed by atoms with Crippen LogP contribution in [0, 0.1) is 5.92 Å². The molecule has 0 saturated carbocycles. The van der Waals surface area contributed by atoms with E-state index in [1.807, 2.05) is 0 Å². The molecule has 1 atom stereocenters. The molecule has 0 amide bonds. The molecular formula is C7H8N2O2S2. The van der Waals surface area contributed by atoms with Gasteiger partial charge in [-0.05, 0) is 6.42 Å². The van der Waals surface area contributed by atoms with Crippen LogP contribution in [0.5, 0.6) is 0 Å². The molecule has 0 N–H and O–H groups in total. The Morgan fingerprint density at radius 2 is 1.92 bits per heavy atom. The lowest BCUT2D eigenvalue weighted by Crippen LogP contribution is -2.21. The second kappa shape index (κ2) is 6.00. The fourth-order valence-electron chi connectivity index (χ4n) is 1.06. The molecule has 70 valence electrons. The van der Waals surface area contributed by atoms with Crippen molar-refractivity contribution in [2.75, 3.05) is 11.5 Å². The summed E-state index contributed by atoms with van der Waals surface area (Å²) in [5, 5.41) is 0. The zero-order valence-corrected chi connectivity index (χ0v) is 8.44. The summed E-state index contributed by atoms with van der Waals surface area (Å²) in [6, 6.07) is 0. The van der Waals surface area contributed by atoms with Crippen LogP contribution in [0.15, 0.2) is 9.98 Å². The van der Waals surface area contributed by atoms with E-state index in [9.17, 15) is 9.59 Å². The molecule has 0 aromatic heterocycles. The molecule has 0 bridgehead atoms. The zero-order valence-electron chi connectivity index (χ0n) is 6.80. The molecule has 1 fully saturated rings. The number of hydrogen-bond donors (Lipinski definition) is 0. The van der Waals surface area contributed by atoms with Gasteiger partial charge in [-0.2, -0.15) is 9.98 Å². The van der Waals surface area contributed by atoms with Crippen LogP contribution in [-0.2, 0) is 9.59 Å². The first kappa shape index (κ1) is 10.5. The van der Waals surface area contributed by atoms with Gasteiger partial charge in [0.15, 0.2) is 6.17 Å². The minimum Gasteiger partial charge on any atom is -0.211 e. The Labute approximate surface area is 83.7 Å². The highest BCUT2D eigenvalue weighted by Crippen LogP contribution is 2.35. The van der Waals surface area contributed by atoms with Gasteiger partial charge in [0.05, 0.1) is 0 Å². The maximum absolute atomic E-state index is 10.0. The van der Waals surface area contributed by atoms with Crippen molar-refractivity contribution in [2.45, 2.75) is 12.6 Å². The molecule has 1 rings (SSSR count). The van der Waals surface area contributed by atoms with Gasteiger partial charge < -0.3 is 0 Å². The zero-order chi connectivity index (χ0) is 9.52. The first-order chi connectivity index (χ1) is 6.38. The van der Waals surface area contributed by atoms with Crippen LogP contribution >= 0.6 is 21.6 Å². The molecule has 13 heavy (non-hydrogen) atoms. The first-order valence-corrected chi connectivity index (χ1v) is 6.25. The van der Waals surface area contributed by atoms with Crippen molar-refractivity contribution in [2.24, 2.45) is 15.9 Å². The third-order valence-corrected chi connectivity index (χ3v) is 4.27. The van der Waals surface area contributed by atoms with Crippen molar-refractivity contribution < 1.29 is 9.59 Å². The van der Waals surface area contributed by atoms with Crippen LogP contribution in [0.25, 0.3) is 0 Å². The van der Waals surface area contributed by atoms with Gasteiger partial charge in [0.1, 0.15) is 0 Å². The quantitative estimate of drug-likeness (QED) is 0.406. The van der Waals surface area contributed by atoms with E-state index in [2.05, 4.69) is 9.98 Å². The van der Waals surface area contributed by atoms with Crippen LogP contribution in [0.4, 0.5) is 0 Å². The molecule has 1 aliphatic rings. The molecule has 0 aliphatic carbocycles. The lowest BCUT2D eigenvalue weighted by Gasteiger charge is -2.21. The smallest absolute Gasteiger partial charge is 0.211 e. The number of hydrogen-bond acceptors (Lipinski definition) is 6. The highest BCUT2D eigenvalue weighted by molar-refractivity contribution is 8.76. The van der Waals surface area contributed by atoms with E-state index in [4.69, 9.17) is 0 Å². The van der Waals surface area contributed by atoms with Crippen molar-refractivity contribution in [3.8, 4) is 0 Å². The van der Waals surface area contributed by atoms with Crippen molar-refractivity contribution in [1.29, 1.82) is 0 Å². The largest absolute Gasteiger partial charge is 0.237 e. The van der Waals surface area contributed by atoms with E-state index in [1.165, 1.54) is 12.2 Å². The van der Waals surface area contributed by atoms with E-state index >= 15 is 0 Å². The molecule has 0 radical (unpaired) electrons. The molecule has 0 aromatic rings. The molecule has 1 saturated heterocycles. The normalized spacial score (nSPS) is 23.8. The van der Waals surface area contributed by atoms with E-state index in [0.29, 0.717) is 0 Å². The second-order valence-corrected chi connectivity index (χ2v) is 5.14. The molecule has 6 heteroatoms. The van der Waals surface area contributed by atoms with Gasteiger partial charge in [-0.1, -0.05) is 21.6 Å². The van der Waals surface area contributed by atoms with Crippen molar-refractivity contribution in [3.63, 3.8) is 0 Å². The molecule has 1 unspecified atom stereocenters. The average Bonchev–Trinajstić information content (AvgIpc) is 2.19. The summed E-state index contributed by atoms with van der Waals surface area (Å²) in [5.41, 5.74) is 0. The first-order valence-electron chi connectivity index (χ1n) is 3.77. The highest BCUT2D eigenvalue weighted by Gasteiger charge is 2.23. The molecule has 4 nitrogen and oxygen atoms in total. The summed E-state index contributed by atoms with van der Waals surface area (Å²) in [4.78, 5) is 27.0. The van der Waals surface area contributed by atoms with E-state index in [-0.39, 0.29) is 5.92 Å². The van der Waals surface area contributed by atoms with Gasteiger partial charge in [-0.25, -0.2) is 9.59 Å². The standard InChI is InChI=1S/C7H8N2O2S2/c10-4-8-7(9-5-11)6-1-2-12-13-3-6/h6-7H,1-3H2. The lowest BCUT2D eigenvalue weighted by molar-refractivity contribution is 0.457. The van der Waals surface area contributed by atoms with Crippen molar-refractivity contribution >= 4 is 33.7 Å². The van der Waals surface area contributed by atoms with Crippen LogP contribution < -0.4 is 0 Å². The Morgan fingerprint density at radius 3 is 2.38 bits per heavy atom. The van der Waals surface area contributed by atoms with E-state index in [1.54, 1.807) is 21.6 Å². The molecule has 1 heterocycles. The minimum absolute atomic E-state index is 0.175. The molecule has 1 aliphatic heterocycles. The highest BCUT2D eigenvalue weighted by atomic mass is 33.1. The maximum atomic E-state index is 10.0. The number of nitrogens with zero attached hydrogens (tertiary/aromatic N) is 2. The summed E-state index contributed by atoms with van der Waals surface area (Å²) in [6.45, 7) is 0. The second-order valence-electron chi connectivity index (χ2n) is 2.51. The number of carbonyl (C=O) groups excluding carboxylic acids is 2. The van der Waals surface area contributed by atoms with Gasteiger partial charge in [0, 0.05) is 17.4 Å². The summed E-state index contributed by atoms with van der Waals surface area (Å²) >= 11 is 0. The molecule has 0 spiro atoms. The van der Waals surface area contributed by atoms with Crippen molar-refractivity contribution in [3.05, 3.63) is 0 Å². The number of isocyanates is 2. The SMILES string of the molecule is O=C=NC(N=C=O)C1CCSSC1. The Kier molecular flexibility index (Phi) is 4.86. The Bertz CT molecular complexity index is 235. The third-order valence-electron chi connectivity index (χ3n) is 1.73. The van der Waals surface area contributed by atoms with Crippen LogP contribution in [-0.4, -0.2) is 29.8 Å². The Balaban J connectivity index is 2.61. The maximum Gasteiger partial charge on any atom is 0.237 e. The Hall–Kier alpha value is -0.540. The van der Waals surface area contributed by atoms with Crippen LogP contribution in [0.1, 0.15) is 6.42 Å². The topological polar surface area (TPSA) is 58.9 Å². The number of rotatable bonds is 3. The van der Waals surface area contributed by atoms with E-state index in [0.717, 1.165) is 17.9 Å². The lowest BCUT2D eigenvalue weighted by atomic mass is 10.1. The van der Waals surface area contributed by atoms with Gasteiger partial charge in [-0.3, -0.25) is 0 Å². The number of aliphatic imine (C=N–C) groups is 2. The summed E-state index contributed by atoms with van der Waals surface area (Å²) in [5.74, 6) is 2.05. The van der Waals surface area contributed by atoms with Crippen molar-refractivity contribution in [1.82, 2.24) is 0 Å². The summed E-state index contributed by atoms with van der Waals surface area (Å²) in [6.07, 6.45) is 3.24. The summed E-state index contributed by atoms with van der Waals surface area (Å²) in [7, 11) is 3.51. The monoisotopic (exact) mass is 216 g/mol. The Morgan fingerprint density at radius 1 is 1.23 bits per heavy atom. The van der Waals surface area contributed by atoms with Crippen LogP contribution in [0.2, 0.25) is 0 Å². The molecule has 0 aromatic carbocycles. The predicted octanol–water partition coefficient (Wildman–Crippen LogP) is 1.39. The average molecular weight is 216 g/mol. The van der Waals surface area contributed by atoms with Gasteiger partial charge in [0.25, 0.3) is 0 Å². The fraction of sp³-hybridized carbons (Fsp3) is 0.714. The minimum atomic E-state index is -0.566. The molecular weight excluding hydrogens is 208 g/mol. The van der Waals surface area contributed by atoms with E-state index < -0.39 is 6.17 Å².